The zero-order valence-electron chi connectivity index (χ0n) is 11.1. The van der Waals surface area contributed by atoms with Crippen molar-refractivity contribution in [3.63, 3.8) is 0 Å². The first-order chi connectivity index (χ1) is 10.0. The molecule has 0 aliphatic rings. The Bertz CT molecular complexity index is 609. The van der Waals surface area contributed by atoms with E-state index in [1.54, 1.807) is 24.3 Å². The van der Waals surface area contributed by atoms with Crippen molar-refractivity contribution >= 4 is 50.7 Å². The van der Waals surface area contributed by atoms with Gasteiger partial charge < -0.3 is 0 Å². The molecule has 5 heteroatoms. The fourth-order valence-corrected chi connectivity index (χ4v) is 3.55. The monoisotopic (exact) mass is 408 g/mol. The van der Waals surface area contributed by atoms with Crippen LogP contribution in [0.1, 0.15) is 11.1 Å². The van der Waals surface area contributed by atoms with Crippen LogP contribution in [-0.4, -0.2) is 11.8 Å². The number of benzene rings is 2. The van der Waals surface area contributed by atoms with Gasteiger partial charge in [0.15, 0.2) is 0 Å². The van der Waals surface area contributed by atoms with Gasteiger partial charge in [-0.15, -0.1) is 23.2 Å². The lowest BCUT2D eigenvalue weighted by molar-refractivity contribution is 0.512. The molecule has 0 heterocycles. The van der Waals surface area contributed by atoms with Gasteiger partial charge in [0.2, 0.25) is 0 Å². The quantitative estimate of drug-likeness (QED) is 0.515. The normalized spacial score (nSPS) is 11.7. The molecule has 0 N–H and O–H groups in total. The summed E-state index contributed by atoms with van der Waals surface area (Å²) in [4.78, 5) is 0. The van der Waals surface area contributed by atoms with Crippen LogP contribution in [0.2, 0.25) is 5.02 Å². The van der Waals surface area contributed by atoms with Gasteiger partial charge in [-0.25, -0.2) is 4.39 Å². The van der Waals surface area contributed by atoms with Gasteiger partial charge in [0.1, 0.15) is 5.82 Å². The summed E-state index contributed by atoms with van der Waals surface area (Å²) in [5, 5.41) is 0.644. The van der Waals surface area contributed by atoms with Crippen molar-refractivity contribution < 1.29 is 4.39 Å². The van der Waals surface area contributed by atoms with Crippen molar-refractivity contribution in [3.05, 3.63) is 68.9 Å². The Morgan fingerprint density at radius 3 is 2.19 bits per heavy atom. The average Bonchev–Trinajstić information content (AvgIpc) is 2.49. The molecule has 0 aliphatic carbocycles. The number of rotatable bonds is 5. The maximum Gasteiger partial charge on any atom is 0.126 e. The SMILES string of the molecule is Fc1ccc(Br)cc1CC(CCl)(CCl)c1ccc(Cl)cc1. The summed E-state index contributed by atoms with van der Waals surface area (Å²) in [5.74, 6) is 0.334. The van der Waals surface area contributed by atoms with Gasteiger partial charge in [-0.05, 0) is 47.9 Å². The maximum absolute atomic E-state index is 14.0. The van der Waals surface area contributed by atoms with Crippen molar-refractivity contribution in [3.8, 4) is 0 Å². The topological polar surface area (TPSA) is 0 Å². The van der Waals surface area contributed by atoms with E-state index in [0.717, 1.165) is 10.0 Å². The average molecular weight is 411 g/mol. The second-order valence-corrected chi connectivity index (χ2v) is 6.85. The second-order valence-electron chi connectivity index (χ2n) is 4.97. The van der Waals surface area contributed by atoms with E-state index >= 15 is 0 Å². The fraction of sp³-hybridized carbons (Fsp3) is 0.250. The van der Waals surface area contributed by atoms with Crippen molar-refractivity contribution in [2.24, 2.45) is 0 Å². The van der Waals surface area contributed by atoms with Gasteiger partial charge in [-0.2, -0.15) is 0 Å². The van der Waals surface area contributed by atoms with Crippen LogP contribution < -0.4 is 0 Å². The van der Waals surface area contributed by atoms with E-state index in [1.807, 2.05) is 12.1 Å². The van der Waals surface area contributed by atoms with Gasteiger partial charge in [-0.3, -0.25) is 0 Å². The standard InChI is InChI=1S/C16H13BrCl3F/c17-13-3-6-15(21)11(7-13)8-16(9-18,10-19)12-1-4-14(20)5-2-12/h1-7H,8-10H2. The molecular weight excluding hydrogens is 397 g/mol. The fourth-order valence-electron chi connectivity index (χ4n) is 2.23. The van der Waals surface area contributed by atoms with Crippen LogP contribution in [0.4, 0.5) is 4.39 Å². The number of hydrogen-bond donors (Lipinski definition) is 0. The first-order valence-electron chi connectivity index (χ1n) is 6.33. The predicted octanol–water partition coefficient (Wildman–Crippen LogP) is 6.20. The molecule has 0 nitrogen and oxygen atoms in total. The number of halogens is 5. The number of hydrogen-bond acceptors (Lipinski definition) is 0. The van der Waals surface area contributed by atoms with Crippen molar-refractivity contribution in [1.82, 2.24) is 0 Å². The third-order valence-corrected chi connectivity index (χ3v) is 5.27. The van der Waals surface area contributed by atoms with Gasteiger partial charge in [0, 0.05) is 26.7 Å². The van der Waals surface area contributed by atoms with E-state index in [9.17, 15) is 4.39 Å². The third-order valence-electron chi connectivity index (χ3n) is 3.50. The van der Waals surface area contributed by atoms with Gasteiger partial charge in [-0.1, -0.05) is 39.7 Å². The minimum atomic E-state index is -0.532. The minimum Gasteiger partial charge on any atom is -0.207 e. The van der Waals surface area contributed by atoms with E-state index in [2.05, 4.69) is 15.9 Å². The molecule has 2 aromatic carbocycles. The Morgan fingerprint density at radius 1 is 1.00 bits per heavy atom. The van der Waals surface area contributed by atoms with E-state index < -0.39 is 5.41 Å². The molecule has 0 fully saturated rings. The van der Waals surface area contributed by atoms with Crippen LogP contribution >= 0.6 is 50.7 Å². The van der Waals surface area contributed by atoms with Crippen LogP contribution in [0.5, 0.6) is 0 Å². The van der Waals surface area contributed by atoms with E-state index in [0.29, 0.717) is 28.8 Å². The molecule has 0 unspecified atom stereocenters. The van der Waals surface area contributed by atoms with Crippen LogP contribution in [-0.2, 0) is 11.8 Å². The molecule has 21 heavy (non-hydrogen) atoms. The second kappa shape index (κ2) is 7.32. The molecule has 0 saturated carbocycles. The zero-order chi connectivity index (χ0) is 15.5. The highest BCUT2D eigenvalue weighted by atomic mass is 79.9. The highest BCUT2D eigenvalue weighted by molar-refractivity contribution is 9.10. The smallest absolute Gasteiger partial charge is 0.126 e. The summed E-state index contributed by atoms with van der Waals surface area (Å²) in [5.41, 5.74) is 1.01. The molecule has 0 spiro atoms. The molecule has 0 atom stereocenters. The van der Waals surface area contributed by atoms with Crippen LogP contribution in [0.25, 0.3) is 0 Å². The van der Waals surface area contributed by atoms with E-state index in [4.69, 9.17) is 34.8 Å². The van der Waals surface area contributed by atoms with Crippen molar-refractivity contribution in [1.29, 1.82) is 0 Å². The molecule has 0 amide bonds. The molecule has 2 aromatic rings. The molecule has 0 aliphatic heterocycles. The third kappa shape index (κ3) is 3.92. The highest BCUT2D eigenvalue weighted by Crippen LogP contribution is 2.33. The molecule has 0 aromatic heterocycles. The van der Waals surface area contributed by atoms with Crippen LogP contribution in [0.15, 0.2) is 46.9 Å². The summed E-state index contributed by atoms with van der Waals surface area (Å²) >= 11 is 21.7. The molecular formula is C16H13BrCl3F. The highest BCUT2D eigenvalue weighted by Gasteiger charge is 2.32. The van der Waals surface area contributed by atoms with Crippen LogP contribution in [0.3, 0.4) is 0 Å². The Hall–Kier alpha value is -0.280. The summed E-state index contributed by atoms with van der Waals surface area (Å²) in [6, 6.07) is 12.2. The van der Waals surface area contributed by atoms with Crippen molar-refractivity contribution in [2.45, 2.75) is 11.8 Å². The van der Waals surface area contributed by atoms with Crippen LogP contribution in [0, 0.1) is 5.82 Å². The lowest BCUT2D eigenvalue weighted by atomic mass is 9.78. The first-order valence-corrected chi connectivity index (χ1v) is 8.57. The summed E-state index contributed by atoms with van der Waals surface area (Å²) in [7, 11) is 0. The molecule has 112 valence electrons. The van der Waals surface area contributed by atoms with Crippen molar-refractivity contribution in [2.75, 3.05) is 11.8 Å². The largest absolute Gasteiger partial charge is 0.207 e. The molecule has 0 saturated heterocycles. The first kappa shape index (κ1) is 17.1. The number of alkyl halides is 2. The Labute approximate surface area is 147 Å². The molecule has 0 bridgehead atoms. The lowest BCUT2D eigenvalue weighted by Crippen LogP contribution is -2.33. The molecule has 0 radical (unpaired) electrons. The molecule has 2 rings (SSSR count). The Kier molecular flexibility index (Phi) is 5.96. The van der Waals surface area contributed by atoms with Gasteiger partial charge in [0.05, 0.1) is 0 Å². The lowest BCUT2D eigenvalue weighted by Gasteiger charge is -2.30. The maximum atomic E-state index is 14.0. The van der Waals surface area contributed by atoms with E-state index in [-0.39, 0.29) is 5.82 Å². The predicted molar refractivity (Wildman–Crippen MR) is 92.4 cm³/mol. The summed E-state index contributed by atoms with van der Waals surface area (Å²) in [6.07, 6.45) is 0.424. The zero-order valence-corrected chi connectivity index (χ0v) is 14.9. The summed E-state index contributed by atoms with van der Waals surface area (Å²) in [6.45, 7) is 0. The Morgan fingerprint density at radius 2 is 1.62 bits per heavy atom. The Balaban J connectivity index is 2.42. The van der Waals surface area contributed by atoms with Gasteiger partial charge in [0.25, 0.3) is 0 Å². The van der Waals surface area contributed by atoms with Gasteiger partial charge >= 0.3 is 0 Å². The minimum absolute atomic E-state index is 0.258. The van der Waals surface area contributed by atoms with E-state index in [1.165, 1.54) is 6.07 Å². The summed E-state index contributed by atoms with van der Waals surface area (Å²) < 4.78 is 14.9.